The number of pyridine rings is 1. The predicted molar refractivity (Wildman–Crippen MR) is 88.8 cm³/mol. The van der Waals surface area contributed by atoms with Crippen molar-refractivity contribution >= 4 is 60.3 Å². The summed E-state index contributed by atoms with van der Waals surface area (Å²) in [6.45, 7) is 0. The molecule has 0 atom stereocenters. The third kappa shape index (κ3) is 1.59. The van der Waals surface area contributed by atoms with Gasteiger partial charge in [-0.05, 0) is 33.1 Å². The van der Waals surface area contributed by atoms with Crippen molar-refractivity contribution in [2.45, 2.75) is 0 Å². The summed E-state index contributed by atoms with van der Waals surface area (Å²) >= 11 is -0.252. The van der Waals surface area contributed by atoms with Crippen LogP contribution in [-0.2, 0) is 0 Å². The van der Waals surface area contributed by atoms with Crippen molar-refractivity contribution in [2.24, 2.45) is 3.15 Å². The molecular weight excluding hydrogens is 349 g/mol. The fraction of sp³-hybridized carbons (Fsp3) is 0. The quantitative estimate of drug-likeness (QED) is 0.466. The minimum atomic E-state index is -0.252. The van der Waals surface area contributed by atoms with Crippen LogP contribution in [0.4, 0.5) is 11.5 Å². The van der Waals surface area contributed by atoms with E-state index in [0.717, 1.165) is 16.6 Å². The first-order chi connectivity index (χ1) is 9.34. The summed E-state index contributed by atoms with van der Waals surface area (Å²) in [7, 11) is 0. The number of halogens is 1. The van der Waals surface area contributed by atoms with E-state index in [9.17, 15) is 0 Å². The van der Waals surface area contributed by atoms with E-state index in [-0.39, 0.29) is 21.0 Å². The number of nitrogens with zero attached hydrogens (tertiary/aromatic N) is 2. The average Bonchev–Trinajstić information content (AvgIpc) is 2.47. The largest absolute Gasteiger partial charge is 0.384 e. The van der Waals surface area contributed by atoms with E-state index in [4.69, 9.17) is 8.88 Å². The summed E-state index contributed by atoms with van der Waals surface area (Å²) in [4.78, 5) is 4.51. The third-order valence-electron chi connectivity index (χ3n) is 3.32. The zero-order valence-electron chi connectivity index (χ0n) is 9.97. The van der Waals surface area contributed by atoms with E-state index in [0.29, 0.717) is 5.82 Å². The molecular formula is C15H10IN3. The molecule has 4 heteroatoms. The molecule has 1 aromatic heterocycles. The Balaban J connectivity index is 2.34. The maximum Gasteiger partial charge on any atom is 0.124 e. The maximum absolute atomic E-state index is 5.84. The van der Waals surface area contributed by atoms with Crippen molar-refractivity contribution in [2.75, 3.05) is 5.73 Å². The summed E-state index contributed by atoms with van der Waals surface area (Å²) in [6.07, 6.45) is 2.18. The van der Waals surface area contributed by atoms with Crippen LogP contribution in [0.2, 0.25) is 0 Å². The molecule has 0 fully saturated rings. The lowest BCUT2D eigenvalue weighted by molar-refractivity contribution is 1.41. The molecule has 1 aliphatic heterocycles. The zero-order valence-corrected chi connectivity index (χ0v) is 12.1. The molecule has 19 heavy (non-hydrogen) atoms. The van der Waals surface area contributed by atoms with Crippen LogP contribution in [0.1, 0.15) is 5.56 Å². The maximum atomic E-state index is 5.84. The van der Waals surface area contributed by atoms with Gasteiger partial charge in [-0.3, -0.25) is 0 Å². The van der Waals surface area contributed by atoms with Crippen LogP contribution in [0.5, 0.6) is 0 Å². The molecule has 2 N–H and O–H groups in total. The fourth-order valence-electron chi connectivity index (χ4n) is 2.50. The van der Waals surface area contributed by atoms with Crippen LogP contribution in [0.3, 0.4) is 0 Å². The number of benzene rings is 2. The summed E-state index contributed by atoms with van der Waals surface area (Å²) in [6, 6.07) is 12.3. The van der Waals surface area contributed by atoms with Gasteiger partial charge in [0.05, 0.1) is 5.52 Å². The Bertz CT molecular complexity index is 881. The molecule has 92 valence electrons. The van der Waals surface area contributed by atoms with Gasteiger partial charge in [-0.15, -0.1) is 0 Å². The summed E-state index contributed by atoms with van der Waals surface area (Å²) < 4.78 is 6.90. The number of aromatic nitrogens is 1. The molecule has 0 saturated heterocycles. The molecule has 1 aliphatic rings. The van der Waals surface area contributed by atoms with Crippen molar-refractivity contribution in [1.29, 1.82) is 0 Å². The molecule has 2 heterocycles. The van der Waals surface area contributed by atoms with Gasteiger partial charge in [-0.2, -0.15) is 0 Å². The molecule has 0 saturated carbocycles. The number of hydrogen-bond donors (Lipinski definition) is 1. The van der Waals surface area contributed by atoms with Gasteiger partial charge < -0.3 is 5.73 Å². The Morgan fingerprint density at radius 2 is 1.79 bits per heavy atom. The third-order valence-corrected chi connectivity index (χ3v) is 4.77. The lowest BCUT2D eigenvalue weighted by atomic mass is 9.98. The van der Waals surface area contributed by atoms with Gasteiger partial charge in [0.15, 0.2) is 0 Å². The number of rotatable bonds is 0. The highest BCUT2D eigenvalue weighted by Gasteiger charge is 2.14. The molecule has 2 aromatic carbocycles. The molecule has 0 spiro atoms. The number of anilines is 1. The minimum absolute atomic E-state index is 0.252. The molecule has 0 unspecified atom stereocenters. The highest BCUT2D eigenvalue weighted by molar-refractivity contribution is 14.2. The van der Waals surface area contributed by atoms with Crippen molar-refractivity contribution in [3.8, 4) is 0 Å². The summed E-state index contributed by atoms with van der Waals surface area (Å²) in [5.41, 5.74) is 8.95. The first kappa shape index (κ1) is 11.0. The van der Waals surface area contributed by atoms with Gasteiger partial charge >= 0.3 is 0 Å². The Morgan fingerprint density at radius 1 is 0.947 bits per heavy atom. The molecule has 3 aromatic rings. The van der Waals surface area contributed by atoms with Crippen molar-refractivity contribution in [1.82, 2.24) is 4.98 Å². The summed E-state index contributed by atoms with van der Waals surface area (Å²) in [5.74, 6) is 0.549. The van der Waals surface area contributed by atoms with Crippen LogP contribution in [0.25, 0.3) is 27.8 Å². The molecule has 0 radical (unpaired) electrons. The van der Waals surface area contributed by atoms with Gasteiger partial charge in [0.1, 0.15) is 11.5 Å². The van der Waals surface area contributed by atoms with Crippen LogP contribution >= 0.6 is 21.0 Å². The van der Waals surface area contributed by atoms with E-state index in [2.05, 4.69) is 39.4 Å². The average molecular weight is 359 g/mol. The first-order valence-electron chi connectivity index (χ1n) is 5.96. The molecule has 3 nitrogen and oxygen atoms in total. The lowest BCUT2D eigenvalue weighted by Crippen LogP contribution is -1.93. The second-order valence-electron chi connectivity index (χ2n) is 4.41. The number of fused-ring (bicyclic) bond motifs is 6. The van der Waals surface area contributed by atoms with Gasteiger partial charge in [0.2, 0.25) is 0 Å². The Labute approximate surface area is 120 Å². The van der Waals surface area contributed by atoms with Gasteiger partial charge in [-0.1, -0.05) is 24.3 Å². The number of nitrogens with two attached hydrogens (primary N) is 1. The van der Waals surface area contributed by atoms with Crippen LogP contribution < -0.4 is 5.73 Å². The first-order valence-corrected chi connectivity index (χ1v) is 8.17. The van der Waals surface area contributed by atoms with Crippen molar-refractivity contribution < 1.29 is 0 Å². The molecule has 0 aliphatic carbocycles. The number of hydrogen-bond acceptors (Lipinski definition) is 3. The van der Waals surface area contributed by atoms with Crippen molar-refractivity contribution in [3.63, 3.8) is 0 Å². The van der Waals surface area contributed by atoms with E-state index in [1.165, 1.54) is 16.3 Å². The second-order valence-corrected chi connectivity index (χ2v) is 6.17. The summed E-state index contributed by atoms with van der Waals surface area (Å²) in [5, 5.41) is 3.58. The monoisotopic (exact) mass is 359 g/mol. The Hall–Kier alpha value is -1.82. The van der Waals surface area contributed by atoms with E-state index >= 15 is 0 Å². The highest BCUT2D eigenvalue weighted by atomic mass is 127. The smallest absolute Gasteiger partial charge is 0.124 e. The van der Waals surface area contributed by atoms with Gasteiger partial charge in [-0.25, -0.2) is 8.13 Å². The van der Waals surface area contributed by atoms with E-state index in [1.54, 1.807) is 0 Å². The zero-order chi connectivity index (χ0) is 12.8. The fourth-order valence-corrected chi connectivity index (χ4v) is 3.95. The highest BCUT2D eigenvalue weighted by Crippen LogP contribution is 2.42. The SMILES string of the molecule is Nc1ccc2c(n1)c1c(c3ccccc32)C=CI=N1. The topological polar surface area (TPSA) is 51.3 Å². The number of nitrogen functional groups attached to an aromatic ring is 1. The minimum Gasteiger partial charge on any atom is -0.384 e. The van der Waals surface area contributed by atoms with E-state index < -0.39 is 0 Å². The van der Waals surface area contributed by atoms with Crippen LogP contribution in [0.15, 0.2) is 43.6 Å². The predicted octanol–water partition coefficient (Wildman–Crippen LogP) is 4.74. The second kappa shape index (κ2) is 4.09. The van der Waals surface area contributed by atoms with Crippen LogP contribution in [0, 0.1) is 0 Å². The normalized spacial score (nSPS) is 13.5. The van der Waals surface area contributed by atoms with Gasteiger partial charge in [0.25, 0.3) is 0 Å². The lowest BCUT2D eigenvalue weighted by Gasteiger charge is -2.13. The van der Waals surface area contributed by atoms with E-state index in [1.807, 2.05) is 12.1 Å². The molecule has 0 amide bonds. The Kier molecular flexibility index (Phi) is 2.38. The van der Waals surface area contributed by atoms with Gasteiger partial charge in [0, 0.05) is 32.0 Å². The standard InChI is InChI=1S/C15H10IN3/c17-13-6-5-11-9-3-1-2-4-10(9)12-7-8-16-19-15(12)14(11)18-13/h1-8H,(H2,17,18). The molecule has 0 bridgehead atoms. The Morgan fingerprint density at radius 3 is 2.68 bits per heavy atom. The van der Waals surface area contributed by atoms with Crippen LogP contribution in [-0.4, -0.2) is 4.98 Å². The van der Waals surface area contributed by atoms with Crippen molar-refractivity contribution in [3.05, 3.63) is 46.0 Å². The molecule has 4 rings (SSSR count).